The van der Waals surface area contributed by atoms with Crippen molar-refractivity contribution in [1.82, 2.24) is 10.2 Å². The Labute approximate surface area is 82.7 Å². The van der Waals surface area contributed by atoms with Crippen LogP contribution in [0.3, 0.4) is 0 Å². The highest BCUT2D eigenvalue weighted by Gasteiger charge is 2.31. The van der Waals surface area contributed by atoms with Gasteiger partial charge in [-0.25, -0.2) is 13.2 Å². The normalized spacial score (nSPS) is 30.4. The quantitative estimate of drug-likeness (QED) is 0.655. The number of carbonyl (C=O) groups excluding carboxylic acids is 1. The van der Waals surface area contributed by atoms with E-state index in [1.807, 2.05) is 0 Å². The van der Waals surface area contributed by atoms with E-state index in [0.717, 1.165) is 6.42 Å². The van der Waals surface area contributed by atoms with Gasteiger partial charge in [0.15, 0.2) is 9.84 Å². The van der Waals surface area contributed by atoms with E-state index >= 15 is 0 Å². The van der Waals surface area contributed by atoms with E-state index < -0.39 is 9.84 Å². The second-order valence-electron chi connectivity index (χ2n) is 3.50. The minimum Gasteiger partial charge on any atom is -0.338 e. The summed E-state index contributed by atoms with van der Waals surface area (Å²) in [6.45, 7) is 1.31. The van der Waals surface area contributed by atoms with Crippen molar-refractivity contribution < 1.29 is 13.2 Å². The number of hydrogen-bond acceptors (Lipinski definition) is 3. The first-order valence-electron chi connectivity index (χ1n) is 4.54. The van der Waals surface area contributed by atoms with Crippen LogP contribution in [0.25, 0.3) is 0 Å². The van der Waals surface area contributed by atoms with Gasteiger partial charge in [0.05, 0.1) is 11.8 Å². The maximum Gasteiger partial charge on any atom is 0.317 e. The van der Waals surface area contributed by atoms with Crippen molar-refractivity contribution in [1.29, 1.82) is 0 Å². The van der Waals surface area contributed by atoms with Crippen molar-refractivity contribution in [2.24, 2.45) is 0 Å². The summed E-state index contributed by atoms with van der Waals surface area (Å²) in [6.07, 6.45) is 2.45. The predicted molar refractivity (Wildman–Crippen MR) is 51.4 cm³/mol. The third kappa shape index (κ3) is 1.75. The van der Waals surface area contributed by atoms with Crippen LogP contribution in [0.4, 0.5) is 4.79 Å². The van der Waals surface area contributed by atoms with Crippen LogP contribution in [0.2, 0.25) is 0 Å². The van der Waals surface area contributed by atoms with Crippen molar-refractivity contribution in [3.05, 3.63) is 11.5 Å². The van der Waals surface area contributed by atoms with E-state index in [1.54, 1.807) is 11.0 Å². The van der Waals surface area contributed by atoms with Gasteiger partial charge in [0.1, 0.15) is 0 Å². The molecule has 1 unspecified atom stereocenters. The molecular weight excluding hydrogens is 204 g/mol. The Morgan fingerprint density at radius 1 is 1.50 bits per heavy atom. The van der Waals surface area contributed by atoms with E-state index in [-0.39, 0.29) is 17.8 Å². The summed E-state index contributed by atoms with van der Waals surface area (Å²) in [4.78, 5) is 13.0. The lowest BCUT2D eigenvalue weighted by Gasteiger charge is -2.31. The summed E-state index contributed by atoms with van der Waals surface area (Å²) in [6, 6.07) is -0.441. The average molecular weight is 216 g/mol. The molecule has 2 aliphatic rings. The van der Waals surface area contributed by atoms with Crippen LogP contribution in [-0.4, -0.2) is 44.2 Å². The predicted octanol–water partition coefficient (Wildman–Crippen LogP) is -0.288. The van der Waals surface area contributed by atoms with Gasteiger partial charge in [-0.2, -0.15) is 0 Å². The maximum atomic E-state index is 11.4. The summed E-state index contributed by atoms with van der Waals surface area (Å²) >= 11 is 0. The molecule has 1 fully saturated rings. The van der Waals surface area contributed by atoms with Gasteiger partial charge < -0.3 is 10.2 Å². The van der Waals surface area contributed by atoms with Crippen LogP contribution >= 0.6 is 0 Å². The molecule has 0 radical (unpaired) electrons. The fraction of sp³-hybridized carbons (Fsp3) is 0.625. The van der Waals surface area contributed by atoms with E-state index in [0.29, 0.717) is 13.1 Å². The Morgan fingerprint density at radius 3 is 2.86 bits per heavy atom. The Bertz CT molecular complexity index is 374. The number of nitrogens with zero attached hydrogens (tertiary/aromatic N) is 1. The molecule has 0 aromatic heterocycles. The van der Waals surface area contributed by atoms with E-state index in [1.165, 1.54) is 5.41 Å². The fourth-order valence-electron chi connectivity index (χ4n) is 1.72. The molecule has 1 atom stereocenters. The van der Waals surface area contributed by atoms with Gasteiger partial charge in [-0.3, -0.25) is 0 Å². The highest BCUT2D eigenvalue weighted by molar-refractivity contribution is 7.94. The lowest BCUT2D eigenvalue weighted by Crippen LogP contribution is -2.51. The summed E-state index contributed by atoms with van der Waals surface area (Å²) in [5.41, 5.74) is 0. The number of sulfone groups is 1. The largest absolute Gasteiger partial charge is 0.338 e. The van der Waals surface area contributed by atoms with Gasteiger partial charge in [0, 0.05) is 18.5 Å². The van der Waals surface area contributed by atoms with Crippen molar-refractivity contribution in [3.63, 3.8) is 0 Å². The fourth-order valence-corrected chi connectivity index (χ4v) is 3.02. The molecule has 2 rings (SSSR count). The first-order valence-corrected chi connectivity index (χ1v) is 6.25. The standard InChI is InChI=1S/C8H12N2O3S/c11-8-9-3-1-4-10(8)7-2-5-14(12,13)6-7/h2,5,7H,1,3-4,6H2,(H,9,11). The molecule has 2 amide bonds. The number of hydrogen-bond donors (Lipinski definition) is 1. The number of amides is 2. The van der Waals surface area contributed by atoms with Crippen molar-refractivity contribution in [3.8, 4) is 0 Å². The molecular formula is C8H12N2O3S. The Morgan fingerprint density at radius 2 is 2.29 bits per heavy atom. The van der Waals surface area contributed by atoms with Gasteiger partial charge >= 0.3 is 6.03 Å². The molecule has 1 N–H and O–H groups in total. The lowest BCUT2D eigenvalue weighted by atomic mass is 10.2. The van der Waals surface area contributed by atoms with Crippen LogP contribution in [0.5, 0.6) is 0 Å². The summed E-state index contributed by atoms with van der Waals surface area (Å²) in [5, 5.41) is 3.89. The zero-order valence-corrected chi connectivity index (χ0v) is 8.46. The maximum absolute atomic E-state index is 11.4. The average Bonchev–Trinajstić information content (AvgIpc) is 2.47. The molecule has 0 saturated carbocycles. The van der Waals surface area contributed by atoms with Gasteiger partial charge in [0.2, 0.25) is 0 Å². The molecule has 0 bridgehead atoms. The number of nitrogens with one attached hydrogen (secondary N) is 1. The number of urea groups is 1. The SMILES string of the molecule is O=C1NCCCN1C1C=CS(=O)(=O)C1. The highest BCUT2D eigenvalue weighted by Crippen LogP contribution is 2.16. The second kappa shape index (κ2) is 3.27. The third-order valence-corrected chi connectivity index (χ3v) is 3.80. The van der Waals surface area contributed by atoms with E-state index in [2.05, 4.69) is 5.32 Å². The molecule has 0 aromatic rings. The molecule has 2 heterocycles. The molecule has 6 heteroatoms. The van der Waals surface area contributed by atoms with Crippen molar-refractivity contribution in [2.45, 2.75) is 12.5 Å². The van der Waals surface area contributed by atoms with Crippen molar-refractivity contribution in [2.75, 3.05) is 18.8 Å². The number of rotatable bonds is 1. The summed E-state index contributed by atoms with van der Waals surface area (Å²) in [7, 11) is -3.07. The molecule has 0 aliphatic carbocycles. The summed E-state index contributed by atoms with van der Waals surface area (Å²) < 4.78 is 22.3. The minimum absolute atomic E-state index is 0.0282. The van der Waals surface area contributed by atoms with Crippen LogP contribution in [-0.2, 0) is 9.84 Å². The lowest BCUT2D eigenvalue weighted by molar-refractivity contribution is 0.178. The van der Waals surface area contributed by atoms with E-state index in [4.69, 9.17) is 0 Å². The van der Waals surface area contributed by atoms with Crippen molar-refractivity contribution >= 4 is 15.9 Å². The summed E-state index contributed by atoms with van der Waals surface area (Å²) in [5.74, 6) is 0.0282. The van der Waals surface area contributed by atoms with Crippen LogP contribution in [0, 0.1) is 0 Å². The monoisotopic (exact) mass is 216 g/mol. The number of carbonyl (C=O) groups is 1. The van der Waals surface area contributed by atoms with Gasteiger partial charge in [-0.1, -0.05) is 0 Å². The Balaban J connectivity index is 2.10. The van der Waals surface area contributed by atoms with Gasteiger partial charge in [0.25, 0.3) is 0 Å². The van der Waals surface area contributed by atoms with Gasteiger partial charge in [-0.05, 0) is 12.5 Å². The van der Waals surface area contributed by atoms with Crippen LogP contribution < -0.4 is 5.32 Å². The molecule has 2 aliphatic heterocycles. The molecule has 0 spiro atoms. The molecule has 0 aromatic carbocycles. The van der Waals surface area contributed by atoms with Gasteiger partial charge in [-0.15, -0.1) is 0 Å². The van der Waals surface area contributed by atoms with E-state index in [9.17, 15) is 13.2 Å². The molecule has 14 heavy (non-hydrogen) atoms. The Kier molecular flexibility index (Phi) is 2.22. The molecule has 1 saturated heterocycles. The minimum atomic E-state index is -3.07. The first kappa shape index (κ1) is 9.51. The Hall–Kier alpha value is -1.04. The highest BCUT2D eigenvalue weighted by atomic mass is 32.2. The van der Waals surface area contributed by atoms with Crippen LogP contribution in [0.15, 0.2) is 11.5 Å². The second-order valence-corrected chi connectivity index (χ2v) is 5.44. The molecule has 78 valence electrons. The molecule has 5 nitrogen and oxygen atoms in total. The first-order chi connectivity index (χ1) is 6.58. The zero-order valence-electron chi connectivity index (χ0n) is 7.64. The smallest absolute Gasteiger partial charge is 0.317 e. The van der Waals surface area contributed by atoms with Crippen LogP contribution in [0.1, 0.15) is 6.42 Å². The zero-order chi connectivity index (χ0) is 10.2. The topological polar surface area (TPSA) is 66.5 Å². The third-order valence-electron chi connectivity index (χ3n) is 2.42.